The van der Waals surface area contributed by atoms with Crippen LogP contribution in [-0.2, 0) is 0 Å². The van der Waals surface area contributed by atoms with Gasteiger partial charge in [-0.2, -0.15) is 5.26 Å². The first-order valence-corrected chi connectivity index (χ1v) is 3.88. The van der Waals surface area contributed by atoms with Crippen LogP contribution in [0.2, 0.25) is 0 Å². The molecule has 0 amide bonds. The van der Waals surface area contributed by atoms with Crippen molar-refractivity contribution in [1.29, 1.82) is 5.26 Å². The van der Waals surface area contributed by atoms with Crippen molar-refractivity contribution in [3.05, 3.63) is 0 Å². The van der Waals surface area contributed by atoms with Crippen molar-refractivity contribution in [1.82, 2.24) is 4.90 Å². The topological polar surface area (TPSA) is 27.0 Å². The summed E-state index contributed by atoms with van der Waals surface area (Å²) in [5.41, 5.74) is 0. The zero-order valence-corrected chi connectivity index (χ0v) is 6.51. The van der Waals surface area contributed by atoms with E-state index in [1.165, 1.54) is 19.5 Å². The van der Waals surface area contributed by atoms with Crippen molar-refractivity contribution in [2.24, 2.45) is 5.92 Å². The number of nitriles is 1. The van der Waals surface area contributed by atoms with Crippen LogP contribution in [0.5, 0.6) is 0 Å². The van der Waals surface area contributed by atoms with Gasteiger partial charge in [0.05, 0.1) is 6.07 Å². The highest BCUT2D eigenvalue weighted by atomic mass is 15.1. The molecule has 1 saturated heterocycles. The number of rotatable bonds is 2. The van der Waals surface area contributed by atoms with Crippen LogP contribution >= 0.6 is 0 Å². The summed E-state index contributed by atoms with van der Waals surface area (Å²) >= 11 is 0. The molecule has 0 aromatic heterocycles. The molecule has 0 N–H and O–H groups in total. The predicted octanol–water partition coefficient (Wildman–Crippen LogP) is 1.24. The molecular weight excluding hydrogens is 124 g/mol. The number of hydrogen-bond acceptors (Lipinski definition) is 2. The van der Waals surface area contributed by atoms with Crippen molar-refractivity contribution in [2.75, 3.05) is 20.1 Å². The van der Waals surface area contributed by atoms with E-state index in [0.29, 0.717) is 0 Å². The number of hydrogen-bond donors (Lipinski definition) is 0. The van der Waals surface area contributed by atoms with Gasteiger partial charge in [-0.25, -0.2) is 0 Å². The van der Waals surface area contributed by atoms with Crippen LogP contribution in [-0.4, -0.2) is 25.0 Å². The fraction of sp³-hybridized carbons (Fsp3) is 0.875. The van der Waals surface area contributed by atoms with Crippen molar-refractivity contribution < 1.29 is 0 Å². The Morgan fingerprint density at radius 2 is 2.50 bits per heavy atom. The van der Waals surface area contributed by atoms with Crippen LogP contribution in [0.4, 0.5) is 0 Å². The molecule has 56 valence electrons. The standard InChI is InChI=1S/C8H14N2/c1-10-6-4-8(7-10)3-2-5-9/h8H,2-4,6-7H2,1H3. The highest BCUT2D eigenvalue weighted by Gasteiger charge is 2.18. The maximum absolute atomic E-state index is 8.33. The quantitative estimate of drug-likeness (QED) is 0.574. The zero-order chi connectivity index (χ0) is 7.40. The Morgan fingerprint density at radius 3 is 3.00 bits per heavy atom. The van der Waals surface area contributed by atoms with Crippen LogP contribution in [0, 0.1) is 17.2 Å². The molecule has 2 nitrogen and oxygen atoms in total. The highest BCUT2D eigenvalue weighted by Crippen LogP contribution is 2.18. The summed E-state index contributed by atoms with van der Waals surface area (Å²) in [6.45, 7) is 2.41. The largest absolute Gasteiger partial charge is 0.306 e. The van der Waals surface area contributed by atoms with Crippen LogP contribution in [0.1, 0.15) is 19.3 Å². The van der Waals surface area contributed by atoms with Gasteiger partial charge >= 0.3 is 0 Å². The normalized spacial score (nSPS) is 26.6. The van der Waals surface area contributed by atoms with E-state index >= 15 is 0 Å². The minimum absolute atomic E-state index is 0.735. The Hall–Kier alpha value is -0.550. The molecule has 1 heterocycles. The minimum Gasteiger partial charge on any atom is -0.306 e. The van der Waals surface area contributed by atoms with E-state index in [1.54, 1.807) is 0 Å². The first-order chi connectivity index (χ1) is 4.83. The van der Waals surface area contributed by atoms with Gasteiger partial charge in [0.2, 0.25) is 0 Å². The number of nitrogens with zero attached hydrogens (tertiary/aromatic N) is 2. The summed E-state index contributed by atoms with van der Waals surface area (Å²) in [6, 6.07) is 2.19. The van der Waals surface area contributed by atoms with Gasteiger partial charge in [0, 0.05) is 13.0 Å². The lowest BCUT2D eigenvalue weighted by Crippen LogP contribution is -2.13. The van der Waals surface area contributed by atoms with Gasteiger partial charge in [-0.1, -0.05) is 0 Å². The average molecular weight is 138 g/mol. The van der Waals surface area contributed by atoms with Gasteiger partial charge in [-0.15, -0.1) is 0 Å². The van der Waals surface area contributed by atoms with Gasteiger partial charge in [-0.3, -0.25) is 0 Å². The van der Waals surface area contributed by atoms with E-state index in [2.05, 4.69) is 18.0 Å². The Balaban J connectivity index is 2.14. The Kier molecular flexibility index (Phi) is 2.70. The van der Waals surface area contributed by atoms with Gasteiger partial charge in [0.1, 0.15) is 0 Å². The Labute approximate surface area is 62.4 Å². The molecular formula is C8H14N2. The maximum Gasteiger partial charge on any atom is 0.0621 e. The molecule has 1 fully saturated rings. The average Bonchev–Trinajstić information content (AvgIpc) is 2.31. The second kappa shape index (κ2) is 3.58. The van der Waals surface area contributed by atoms with Crippen molar-refractivity contribution in [3.8, 4) is 6.07 Å². The van der Waals surface area contributed by atoms with Gasteiger partial charge in [0.15, 0.2) is 0 Å². The molecule has 1 unspecified atom stereocenters. The smallest absolute Gasteiger partial charge is 0.0621 e. The first-order valence-electron chi connectivity index (χ1n) is 3.88. The summed E-state index contributed by atoms with van der Waals surface area (Å²) in [5.74, 6) is 0.796. The Bertz CT molecular complexity index is 137. The molecule has 0 aromatic rings. The third kappa shape index (κ3) is 2.00. The minimum atomic E-state index is 0.735. The molecule has 0 saturated carbocycles. The zero-order valence-electron chi connectivity index (χ0n) is 6.51. The molecule has 1 aliphatic rings. The predicted molar refractivity (Wildman–Crippen MR) is 40.5 cm³/mol. The maximum atomic E-state index is 8.33. The van der Waals surface area contributed by atoms with Gasteiger partial charge < -0.3 is 4.90 Å². The van der Waals surface area contributed by atoms with Crippen LogP contribution in [0.15, 0.2) is 0 Å². The van der Waals surface area contributed by atoms with Crippen LogP contribution < -0.4 is 0 Å². The van der Waals surface area contributed by atoms with E-state index < -0.39 is 0 Å². The van der Waals surface area contributed by atoms with E-state index in [-0.39, 0.29) is 0 Å². The lowest BCUT2D eigenvalue weighted by Gasteiger charge is -2.06. The molecule has 0 aromatic carbocycles. The second-order valence-electron chi connectivity index (χ2n) is 3.11. The van der Waals surface area contributed by atoms with Crippen molar-refractivity contribution in [2.45, 2.75) is 19.3 Å². The molecule has 0 spiro atoms. The highest BCUT2D eigenvalue weighted by molar-refractivity contribution is 4.77. The van der Waals surface area contributed by atoms with E-state index in [9.17, 15) is 0 Å². The Morgan fingerprint density at radius 1 is 1.70 bits per heavy atom. The third-order valence-corrected chi connectivity index (χ3v) is 2.15. The third-order valence-electron chi connectivity index (χ3n) is 2.15. The summed E-state index contributed by atoms with van der Waals surface area (Å²) in [6.07, 6.45) is 3.12. The van der Waals surface area contributed by atoms with Crippen LogP contribution in [0.25, 0.3) is 0 Å². The summed E-state index contributed by atoms with van der Waals surface area (Å²) in [5, 5.41) is 8.33. The monoisotopic (exact) mass is 138 g/mol. The first kappa shape index (κ1) is 7.56. The van der Waals surface area contributed by atoms with Gasteiger partial charge in [0.25, 0.3) is 0 Å². The molecule has 1 atom stereocenters. The van der Waals surface area contributed by atoms with E-state index in [0.717, 1.165) is 18.8 Å². The molecule has 0 aliphatic carbocycles. The van der Waals surface area contributed by atoms with E-state index in [4.69, 9.17) is 5.26 Å². The molecule has 0 bridgehead atoms. The van der Waals surface area contributed by atoms with Gasteiger partial charge in [-0.05, 0) is 32.4 Å². The summed E-state index contributed by atoms with van der Waals surface area (Å²) in [4.78, 5) is 2.34. The fourth-order valence-corrected chi connectivity index (χ4v) is 1.53. The molecule has 10 heavy (non-hydrogen) atoms. The molecule has 1 aliphatic heterocycles. The van der Waals surface area contributed by atoms with Crippen molar-refractivity contribution >= 4 is 0 Å². The fourth-order valence-electron chi connectivity index (χ4n) is 1.53. The van der Waals surface area contributed by atoms with Crippen LogP contribution in [0.3, 0.4) is 0 Å². The molecule has 1 rings (SSSR count). The lowest BCUT2D eigenvalue weighted by molar-refractivity contribution is 0.389. The second-order valence-corrected chi connectivity index (χ2v) is 3.11. The molecule has 2 heteroatoms. The van der Waals surface area contributed by atoms with Crippen molar-refractivity contribution in [3.63, 3.8) is 0 Å². The SMILES string of the molecule is CN1CCC(CCC#N)C1. The molecule has 0 radical (unpaired) electrons. The lowest BCUT2D eigenvalue weighted by atomic mass is 10.0. The summed E-state index contributed by atoms with van der Waals surface area (Å²) in [7, 11) is 2.15. The number of likely N-dealkylation sites (tertiary alicyclic amines) is 1. The van der Waals surface area contributed by atoms with E-state index in [1.807, 2.05) is 0 Å². The summed E-state index contributed by atoms with van der Waals surface area (Å²) < 4.78 is 0.